The van der Waals surface area contributed by atoms with Gasteiger partial charge < -0.3 is 24.4 Å². The van der Waals surface area contributed by atoms with E-state index in [2.05, 4.69) is 34.2 Å². The summed E-state index contributed by atoms with van der Waals surface area (Å²) in [5.41, 5.74) is 2.92. The van der Waals surface area contributed by atoms with E-state index in [1.807, 2.05) is 19.1 Å². The van der Waals surface area contributed by atoms with E-state index in [-0.39, 0.29) is 0 Å². The molecule has 0 radical (unpaired) electrons. The maximum Gasteiger partial charge on any atom is 0.183 e. The Morgan fingerprint density at radius 3 is 2.61 bits per heavy atom. The van der Waals surface area contributed by atoms with Gasteiger partial charge in [0.15, 0.2) is 16.6 Å². The van der Waals surface area contributed by atoms with Crippen molar-refractivity contribution in [2.75, 3.05) is 46.8 Å². The van der Waals surface area contributed by atoms with E-state index in [0.29, 0.717) is 24.0 Å². The molecule has 1 aromatic carbocycles. The van der Waals surface area contributed by atoms with Gasteiger partial charge in [0.05, 0.1) is 31.9 Å². The Morgan fingerprint density at radius 2 is 1.88 bits per heavy atom. The second-order valence-corrected chi connectivity index (χ2v) is 9.50. The van der Waals surface area contributed by atoms with E-state index in [0.717, 1.165) is 45.8 Å². The van der Waals surface area contributed by atoms with Crippen LogP contribution < -0.4 is 19.5 Å². The SMILES string of the molecule is COc1cc(OC)c(OC)cc1CNc1nc(C)c(-c2ccn(C[C@H]3CCCN(C)C3)n2)s1. The van der Waals surface area contributed by atoms with E-state index in [1.54, 1.807) is 32.7 Å². The lowest BCUT2D eigenvalue weighted by molar-refractivity contribution is 0.191. The van der Waals surface area contributed by atoms with Crippen LogP contribution in [0.1, 0.15) is 24.1 Å². The summed E-state index contributed by atoms with van der Waals surface area (Å²) < 4.78 is 18.4. The first-order valence-electron chi connectivity index (χ1n) is 11.2. The quantitative estimate of drug-likeness (QED) is 0.499. The molecule has 1 saturated heterocycles. The van der Waals surface area contributed by atoms with Gasteiger partial charge in [0, 0.05) is 37.5 Å². The summed E-state index contributed by atoms with van der Waals surface area (Å²) in [6, 6.07) is 5.86. The summed E-state index contributed by atoms with van der Waals surface area (Å²) in [4.78, 5) is 8.23. The first-order valence-corrected chi connectivity index (χ1v) is 12.0. The minimum atomic E-state index is 0.555. The van der Waals surface area contributed by atoms with Gasteiger partial charge in [-0.05, 0) is 51.4 Å². The standard InChI is InChI=1S/C24H33N5O3S/c1-16-23(19-8-10-29(27-19)15-17-7-6-9-28(2)14-17)33-24(26-16)25-13-18-11-21(31-4)22(32-5)12-20(18)30-3/h8,10-12,17H,6-7,9,13-15H2,1-5H3,(H,25,26)/t17-/m0/s1. The van der Waals surface area contributed by atoms with Crippen LogP contribution in [0.4, 0.5) is 5.13 Å². The summed E-state index contributed by atoms with van der Waals surface area (Å²) in [6.07, 6.45) is 4.63. The predicted molar refractivity (Wildman–Crippen MR) is 132 cm³/mol. The molecule has 9 heteroatoms. The molecule has 2 aromatic heterocycles. The third-order valence-electron chi connectivity index (χ3n) is 6.05. The zero-order valence-electron chi connectivity index (χ0n) is 20.1. The molecule has 0 spiro atoms. The Hall–Kier alpha value is -2.78. The van der Waals surface area contributed by atoms with Crippen molar-refractivity contribution in [1.29, 1.82) is 0 Å². The fraction of sp³-hybridized carbons (Fsp3) is 0.500. The number of ether oxygens (including phenoxy) is 3. The lowest BCUT2D eigenvalue weighted by Crippen LogP contribution is -2.34. The van der Waals surface area contributed by atoms with Gasteiger partial charge >= 0.3 is 0 Å². The highest BCUT2D eigenvalue weighted by molar-refractivity contribution is 7.19. The van der Waals surface area contributed by atoms with Gasteiger partial charge in [-0.1, -0.05) is 11.3 Å². The zero-order chi connectivity index (χ0) is 23.4. The molecule has 1 aliphatic heterocycles. The zero-order valence-corrected chi connectivity index (χ0v) is 20.9. The van der Waals surface area contributed by atoms with Gasteiger partial charge in [0.25, 0.3) is 0 Å². The van der Waals surface area contributed by atoms with E-state index < -0.39 is 0 Å². The number of aryl methyl sites for hydroxylation is 1. The van der Waals surface area contributed by atoms with Crippen LogP contribution in [-0.2, 0) is 13.1 Å². The van der Waals surface area contributed by atoms with Crippen molar-refractivity contribution in [2.45, 2.75) is 32.9 Å². The van der Waals surface area contributed by atoms with Gasteiger partial charge in [-0.2, -0.15) is 5.10 Å². The molecule has 0 unspecified atom stereocenters. The number of anilines is 1. The molecule has 1 N–H and O–H groups in total. The number of hydrogen-bond acceptors (Lipinski definition) is 8. The van der Waals surface area contributed by atoms with Gasteiger partial charge in [-0.25, -0.2) is 4.98 Å². The van der Waals surface area contributed by atoms with Gasteiger partial charge in [0.2, 0.25) is 0 Å². The number of likely N-dealkylation sites (tertiary alicyclic amines) is 1. The predicted octanol–water partition coefficient (Wildman–Crippen LogP) is 4.29. The molecule has 4 rings (SSSR count). The Morgan fingerprint density at radius 1 is 1.12 bits per heavy atom. The van der Waals surface area contributed by atoms with Crippen LogP contribution in [-0.4, -0.2) is 61.1 Å². The topological polar surface area (TPSA) is 73.7 Å². The maximum atomic E-state index is 5.54. The van der Waals surface area contributed by atoms with Crippen LogP contribution in [0.2, 0.25) is 0 Å². The molecule has 1 fully saturated rings. The number of nitrogens with zero attached hydrogens (tertiary/aromatic N) is 4. The molecule has 1 aliphatic rings. The first-order chi connectivity index (χ1) is 16.0. The number of methoxy groups -OCH3 is 3. The third-order valence-corrected chi connectivity index (χ3v) is 7.19. The molecule has 3 heterocycles. The molecule has 178 valence electrons. The molecule has 0 amide bonds. The summed E-state index contributed by atoms with van der Waals surface area (Å²) in [5, 5.41) is 9.13. The normalized spacial score (nSPS) is 16.6. The van der Waals surface area contributed by atoms with E-state index >= 15 is 0 Å². The number of benzene rings is 1. The monoisotopic (exact) mass is 471 g/mol. The highest BCUT2D eigenvalue weighted by atomic mass is 32.1. The summed E-state index contributed by atoms with van der Waals surface area (Å²) in [5.74, 6) is 2.70. The highest BCUT2D eigenvalue weighted by Gasteiger charge is 2.19. The van der Waals surface area contributed by atoms with E-state index in [4.69, 9.17) is 24.3 Å². The summed E-state index contributed by atoms with van der Waals surface area (Å²) in [7, 11) is 7.10. The van der Waals surface area contributed by atoms with Crippen molar-refractivity contribution in [3.05, 3.63) is 35.7 Å². The third kappa shape index (κ3) is 5.42. The number of thiazole rings is 1. The Labute approximate surface area is 199 Å². The minimum absolute atomic E-state index is 0.555. The van der Waals surface area contributed by atoms with Gasteiger partial charge in [-0.3, -0.25) is 4.68 Å². The van der Waals surface area contributed by atoms with Crippen molar-refractivity contribution in [1.82, 2.24) is 19.7 Å². The summed E-state index contributed by atoms with van der Waals surface area (Å²) in [6.45, 7) is 5.89. The average molecular weight is 472 g/mol. The molecule has 8 nitrogen and oxygen atoms in total. The maximum absolute atomic E-state index is 5.54. The fourth-order valence-corrected chi connectivity index (χ4v) is 5.31. The number of aromatic nitrogens is 3. The number of rotatable bonds is 9. The number of piperidine rings is 1. The molecule has 1 atom stereocenters. The van der Waals surface area contributed by atoms with Gasteiger partial charge in [0.1, 0.15) is 11.4 Å². The second kappa shape index (κ2) is 10.4. The first kappa shape index (κ1) is 23.4. The average Bonchev–Trinajstić information content (AvgIpc) is 3.42. The smallest absolute Gasteiger partial charge is 0.183 e. The van der Waals surface area contributed by atoms with Crippen molar-refractivity contribution in [2.24, 2.45) is 5.92 Å². The molecule has 0 bridgehead atoms. The van der Waals surface area contributed by atoms with Crippen LogP contribution in [0.5, 0.6) is 17.2 Å². The Kier molecular flexibility index (Phi) is 7.39. The van der Waals surface area contributed by atoms with Crippen molar-refractivity contribution >= 4 is 16.5 Å². The molecule has 0 aliphatic carbocycles. The van der Waals surface area contributed by atoms with Gasteiger partial charge in [-0.15, -0.1) is 0 Å². The molecule has 0 saturated carbocycles. The summed E-state index contributed by atoms with van der Waals surface area (Å²) >= 11 is 1.62. The van der Waals surface area contributed by atoms with Crippen molar-refractivity contribution in [3.8, 4) is 27.8 Å². The fourth-order valence-electron chi connectivity index (χ4n) is 4.38. The largest absolute Gasteiger partial charge is 0.496 e. The Bertz CT molecular complexity index is 1080. The van der Waals surface area contributed by atoms with Crippen LogP contribution in [0.3, 0.4) is 0 Å². The minimum Gasteiger partial charge on any atom is -0.496 e. The van der Waals surface area contributed by atoms with E-state index in [9.17, 15) is 0 Å². The molecular formula is C24H33N5O3S. The number of nitrogens with one attached hydrogen (secondary N) is 1. The molecule has 3 aromatic rings. The van der Waals surface area contributed by atoms with Crippen LogP contribution in [0, 0.1) is 12.8 Å². The second-order valence-electron chi connectivity index (χ2n) is 8.50. The molecular weight excluding hydrogens is 438 g/mol. The van der Waals surface area contributed by atoms with Crippen molar-refractivity contribution < 1.29 is 14.2 Å². The van der Waals surface area contributed by atoms with Crippen molar-refractivity contribution in [3.63, 3.8) is 0 Å². The van der Waals surface area contributed by atoms with Crippen LogP contribution in [0.15, 0.2) is 24.4 Å². The lowest BCUT2D eigenvalue weighted by atomic mass is 9.99. The van der Waals surface area contributed by atoms with Crippen LogP contribution in [0.25, 0.3) is 10.6 Å². The lowest BCUT2D eigenvalue weighted by Gasteiger charge is -2.29. The van der Waals surface area contributed by atoms with Crippen LogP contribution >= 0.6 is 11.3 Å². The number of hydrogen-bond donors (Lipinski definition) is 1. The van der Waals surface area contributed by atoms with E-state index in [1.165, 1.54) is 19.4 Å². The Balaban J connectivity index is 1.45. The highest BCUT2D eigenvalue weighted by Crippen LogP contribution is 2.36. The molecule has 33 heavy (non-hydrogen) atoms.